The molecule has 0 atom stereocenters. The van der Waals surface area contributed by atoms with E-state index in [1.165, 1.54) is 5.56 Å². The van der Waals surface area contributed by atoms with Crippen LogP contribution in [0.2, 0.25) is 10.0 Å². The Labute approximate surface area is 185 Å². The van der Waals surface area contributed by atoms with E-state index in [1.807, 2.05) is 24.3 Å². The number of rotatable bonds is 5. The number of benzene rings is 3. The highest BCUT2D eigenvalue weighted by atomic mass is 79.9. The first-order valence-electron chi connectivity index (χ1n) is 8.27. The lowest BCUT2D eigenvalue weighted by molar-refractivity contribution is 0.0991. The van der Waals surface area contributed by atoms with Crippen LogP contribution in [0.15, 0.2) is 60.7 Å². The standard InChI is InChI=1S/C14H10ClF2NO2.C7H6BrCl/c15-9-3-1-2-8(6-9)7-20-11-5-4-10(16)12(13(11)17)14(18)19;8-5-6-2-1-3-7(9)4-6/h1-6H,7H2,(H2,18,19);1-4H,5H2. The Morgan fingerprint density at radius 3 is 2.07 bits per heavy atom. The van der Waals surface area contributed by atoms with Crippen molar-refractivity contribution >= 4 is 45.0 Å². The maximum absolute atomic E-state index is 13.9. The van der Waals surface area contributed by atoms with Gasteiger partial charge in [-0.2, -0.15) is 0 Å². The third-order valence-corrected chi connectivity index (χ3v) is 4.75. The number of hydrogen-bond acceptors (Lipinski definition) is 2. The lowest BCUT2D eigenvalue weighted by Gasteiger charge is -2.10. The lowest BCUT2D eigenvalue weighted by Crippen LogP contribution is -2.16. The number of amides is 1. The van der Waals surface area contributed by atoms with Crippen molar-refractivity contribution in [3.8, 4) is 5.75 Å². The Morgan fingerprint density at radius 1 is 0.966 bits per heavy atom. The van der Waals surface area contributed by atoms with E-state index >= 15 is 0 Å². The molecule has 0 saturated heterocycles. The summed E-state index contributed by atoms with van der Waals surface area (Å²) in [6.07, 6.45) is 0. The van der Waals surface area contributed by atoms with Crippen LogP contribution in [-0.4, -0.2) is 5.91 Å². The summed E-state index contributed by atoms with van der Waals surface area (Å²) in [7, 11) is 0. The number of nitrogens with two attached hydrogens (primary N) is 1. The van der Waals surface area contributed by atoms with Gasteiger partial charge in [-0.3, -0.25) is 4.79 Å². The van der Waals surface area contributed by atoms with Gasteiger partial charge in [-0.05, 0) is 47.5 Å². The molecule has 3 rings (SSSR count). The molecule has 0 spiro atoms. The van der Waals surface area contributed by atoms with Gasteiger partial charge in [0.25, 0.3) is 5.91 Å². The molecule has 8 heteroatoms. The summed E-state index contributed by atoms with van der Waals surface area (Å²) in [4.78, 5) is 11.0. The van der Waals surface area contributed by atoms with E-state index in [-0.39, 0.29) is 12.4 Å². The van der Waals surface area contributed by atoms with Crippen molar-refractivity contribution in [2.24, 2.45) is 5.73 Å². The molecule has 152 valence electrons. The fourth-order valence-electron chi connectivity index (χ4n) is 2.28. The van der Waals surface area contributed by atoms with Gasteiger partial charge < -0.3 is 10.5 Å². The van der Waals surface area contributed by atoms with E-state index in [4.69, 9.17) is 33.7 Å². The largest absolute Gasteiger partial charge is 0.486 e. The normalized spacial score (nSPS) is 10.1. The van der Waals surface area contributed by atoms with Gasteiger partial charge in [-0.1, -0.05) is 63.4 Å². The highest BCUT2D eigenvalue weighted by Crippen LogP contribution is 2.24. The zero-order valence-corrected chi connectivity index (χ0v) is 18.1. The van der Waals surface area contributed by atoms with Crippen LogP contribution in [0, 0.1) is 11.6 Å². The molecule has 3 aromatic rings. The highest BCUT2D eigenvalue weighted by Gasteiger charge is 2.19. The molecular formula is C21H16BrCl2F2NO2. The highest BCUT2D eigenvalue weighted by molar-refractivity contribution is 9.08. The second-order valence-electron chi connectivity index (χ2n) is 5.78. The predicted molar refractivity (Wildman–Crippen MR) is 115 cm³/mol. The first-order valence-corrected chi connectivity index (χ1v) is 10.1. The van der Waals surface area contributed by atoms with Gasteiger partial charge in [0.15, 0.2) is 11.6 Å². The Hall–Kier alpha value is -2.15. The van der Waals surface area contributed by atoms with Gasteiger partial charge in [-0.25, -0.2) is 8.78 Å². The summed E-state index contributed by atoms with van der Waals surface area (Å²) >= 11 is 14.8. The van der Waals surface area contributed by atoms with E-state index in [9.17, 15) is 13.6 Å². The number of carbonyl (C=O) groups excluding carboxylic acids is 1. The topological polar surface area (TPSA) is 52.3 Å². The van der Waals surface area contributed by atoms with Crippen LogP contribution < -0.4 is 10.5 Å². The number of primary amides is 1. The summed E-state index contributed by atoms with van der Waals surface area (Å²) in [5, 5.41) is 2.18. The van der Waals surface area contributed by atoms with Gasteiger partial charge in [0.2, 0.25) is 0 Å². The number of alkyl halides is 1. The third-order valence-electron chi connectivity index (χ3n) is 3.63. The zero-order valence-electron chi connectivity index (χ0n) is 15.0. The van der Waals surface area contributed by atoms with E-state index < -0.39 is 23.1 Å². The van der Waals surface area contributed by atoms with E-state index in [0.29, 0.717) is 10.6 Å². The number of hydrogen-bond donors (Lipinski definition) is 1. The Bertz CT molecular complexity index is 1000. The first-order chi connectivity index (χ1) is 13.8. The van der Waals surface area contributed by atoms with Crippen molar-refractivity contribution in [2.45, 2.75) is 11.9 Å². The quantitative estimate of drug-likeness (QED) is 0.403. The van der Waals surface area contributed by atoms with Crippen LogP contribution in [0.25, 0.3) is 0 Å². The molecule has 0 heterocycles. The predicted octanol–water partition coefficient (Wildman–Crippen LogP) is 6.53. The minimum Gasteiger partial charge on any atom is -0.486 e. The summed E-state index contributed by atoms with van der Waals surface area (Å²) in [6, 6.07) is 16.6. The zero-order chi connectivity index (χ0) is 21.4. The van der Waals surface area contributed by atoms with Gasteiger partial charge in [0.1, 0.15) is 18.0 Å². The molecule has 3 nitrogen and oxygen atoms in total. The van der Waals surface area contributed by atoms with Gasteiger partial charge in [0.05, 0.1) is 0 Å². The van der Waals surface area contributed by atoms with E-state index in [0.717, 1.165) is 22.5 Å². The average molecular weight is 503 g/mol. The fraction of sp³-hybridized carbons (Fsp3) is 0.0952. The maximum Gasteiger partial charge on any atom is 0.254 e. The Morgan fingerprint density at radius 2 is 1.55 bits per heavy atom. The molecule has 3 aromatic carbocycles. The lowest BCUT2D eigenvalue weighted by atomic mass is 10.1. The molecule has 29 heavy (non-hydrogen) atoms. The molecule has 0 bridgehead atoms. The molecule has 2 N–H and O–H groups in total. The summed E-state index contributed by atoms with van der Waals surface area (Å²) in [6.45, 7) is 0.0291. The van der Waals surface area contributed by atoms with Gasteiger partial charge in [0, 0.05) is 15.4 Å². The second kappa shape index (κ2) is 11.1. The molecule has 0 aliphatic carbocycles. The van der Waals surface area contributed by atoms with E-state index in [1.54, 1.807) is 24.3 Å². The summed E-state index contributed by atoms with van der Waals surface area (Å²) in [5.74, 6) is -3.57. The van der Waals surface area contributed by atoms with Crippen LogP contribution in [0.3, 0.4) is 0 Å². The smallest absolute Gasteiger partial charge is 0.254 e. The van der Waals surface area contributed by atoms with Crippen molar-refractivity contribution in [1.29, 1.82) is 0 Å². The van der Waals surface area contributed by atoms with E-state index in [2.05, 4.69) is 15.9 Å². The van der Waals surface area contributed by atoms with Crippen LogP contribution in [-0.2, 0) is 11.9 Å². The Kier molecular flexibility index (Phi) is 8.89. The number of carbonyl (C=O) groups is 1. The average Bonchev–Trinajstić information content (AvgIpc) is 2.68. The second-order valence-corrected chi connectivity index (χ2v) is 7.21. The minimum absolute atomic E-state index is 0.0291. The molecule has 1 amide bonds. The molecular weight excluding hydrogens is 487 g/mol. The van der Waals surface area contributed by atoms with Crippen LogP contribution in [0.5, 0.6) is 5.75 Å². The molecule has 0 saturated carbocycles. The maximum atomic E-state index is 13.9. The van der Waals surface area contributed by atoms with Crippen LogP contribution in [0.1, 0.15) is 21.5 Å². The third kappa shape index (κ3) is 6.99. The molecule has 0 radical (unpaired) electrons. The minimum atomic E-state index is -1.19. The fourth-order valence-corrected chi connectivity index (χ4v) is 3.05. The molecule has 0 aromatic heterocycles. The monoisotopic (exact) mass is 501 g/mol. The van der Waals surface area contributed by atoms with Crippen molar-refractivity contribution in [3.63, 3.8) is 0 Å². The molecule has 0 unspecified atom stereocenters. The van der Waals surface area contributed by atoms with Crippen LogP contribution in [0.4, 0.5) is 8.78 Å². The van der Waals surface area contributed by atoms with Crippen LogP contribution >= 0.6 is 39.1 Å². The van der Waals surface area contributed by atoms with Gasteiger partial charge in [-0.15, -0.1) is 0 Å². The number of halogens is 5. The number of ether oxygens (including phenoxy) is 1. The summed E-state index contributed by atoms with van der Waals surface area (Å²) < 4.78 is 32.4. The van der Waals surface area contributed by atoms with Gasteiger partial charge >= 0.3 is 0 Å². The SMILES string of the molecule is Clc1cccc(CBr)c1.NC(=O)c1c(F)ccc(OCc2cccc(Cl)c2)c1F. The van der Waals surface area contributed by atoms with Crippen molar-refractivity contribution in [1.82, 2.24) is 0 Å². The van der Waals surface area contributed by atoms with Crippen molar-refractivity contribution in [2.75, 3.05) is 0 Å². The summed E-state index contributed by atoms with van der Waals surface area (Å²) in [5.41, 5.74) is 6.03. The Balaban J connectivity index is 0.000000278. The van der Waals surface area contributed by atoms with Crippen molar-refractivity contribution in [3.05, 3.63) is 99.0 Å². The first kappa shape index (κ1) is 23.1. The van der Waals surface area contributed by atoms with Crippen molar-refractivity contribution < 1.29 is 18.3 Å². The molecule has 0 fully saturated rings. The molecule has 0 aliphatic rings. The molecule has 0 aliphatic heterocycles.